The number of amides is 2. The Morgan fingerprint density at radius 2 is 1.84 bits per heavy atom. The maximum absolute atomic E-state index is 12.9. The number of carbonyl (C=O) groups excluding carboxylic acids is 2. The summed E-state index contributed by atoms with van der Waals surface area (Å²) in [5.41, 5.74) is 6.64. The summed E-state index contributed by atoms with van der Waals surface area (Å²) in [7, 11) is 0. The molecule has 5 nitrogen and oxygen atoms in total. The third kappa shape index (κ3) is 4.60. The lowest BCUT2D eigenvalue weighted by molar-refractivity contribution is -0.149. The number of rotatable bonds is 6. The summed E-state index contributed by atoms with van der Waals surface area (Å²) >= 11 is 0. The van der Waals surface area contributed by atoms with Gasteiger partial charge in [0.2, 0.25) is 5.91 Å². The summed E-state index contributed by atoms with van der Waals surface area (Å²) in [6.45, 7) is 0.802. The number of carbonyl (C=O) groups is 2. The van der Waals surface area contributed by atoms with E-state index in [1.807, 2.05) is 11.0 Å². The zero-order chi connectivity index (χ0) is 17.6. The van der Waals surface area contributed by atoms with Crippen molar-refractivity contribution < 1.29 is 14.3 Å². The Morgan fingerprint density at radius 3 is 2.56 bits per heavy atom. The summed E-state index contributed by atoms with van der Waals surface area (Å²) in [5.74, 6) is -0.415. The lowest BCUT2D eigenvalue weighted by atomic mass is 9.95. The summed E-state index contributed by atoms with van der Waals surface area (Å²) < 4.78 is 5.59. The molecule has 5 heteroatoms. The molecule has 2 aliphatic rings. The highest BCUT2D eigenvalue weighted by Gasteiger charge is 2.38. The summed E-state index contributed by atoms with van der Waals surface area (Å²) in [4.78, 5) is 26.1. The monoisotopic (exact) mass is 344 g/mol. The van der Waals surface area contributed by atoms with Gasteiger partial charge in [-0.25, -0.2) is 0 Å². The summed E-state index contributed by atoms with van der Waals surface area (Å²) in [6.07, 6.45) is 6.48. The Balaban J connectivity index is 1.53. The number of hydrogen-bond acceptors (Lipinski definition) is 3. The number of piperidine rings is 1. The van der Waals surface area contributed by atoms with Crippen molar-refractivity contribution in [2.45, 2.75) is 69.6 Å². The molecule has 1 aromatic rings. The van der Waals surface area contributed by atoms with Crippen molar-refractivity contribution in [2.24, 2.45) is 5.73 Å². The van der Waals surface area contributed by atoms with E-state index in [2.05, 4.69) is 24.3 Å². The molecule has 2 fully saturated rings. The van der Waals surface area contributed by atoms with Crippen molar-refractivity contribution in [1.82, 2.24) is 4.90 Å². The molecule has 2 N–H and O–H groups in total. The molecule has 136 valence electrons. The molecule has 2 aliphatic heterocycles. The second-order valence-electron chi connectivity index (χ2n) is 7.15. The van der Waals surface area contributed by atoms with Crippen molar-refractivity contribution in [1.29, 1.82) is 0 Å². The van der Waals surface area contributed by atoms with Gasteiger partial charge in [0.25, 0.3) is 5.91 Å². The number of hydrogen-bond donors (Lipinski definition) is 1. The fourth-order valence-corrected chi connectivity index (χ4v) is 3.99. The van der Waals surface area contributed by atoms with Crippen LogP contribution in [0.4, 0.5) is 0 Å². The van der Waals surface area contributed by atoms with E-state index in [0.717, 1.165) is 38.6 Å². The van der Waals surface area contributed by atoms with Gasteiger partial charge in [-0.3, -0.25) is 9.59 Å². The molecule has 3 atom stereocenters. The van der Waals surface area contributed by atoms with E-state index in [4.69, 9.17) is 10.5 Å². The molecular weight excluding hydrogens is 316 g/mol. The summed E-state index contributed by atoms with van der Waals surface area (Å²) in [5, 5.41) is 0. The highest BCUT2D eigenvalue weighted by molar-refractivity contribution is 5.84. The molecule has 25 heavy (non-hydrogen) atoms. The largest absolute Gasteiger partial charge is 0.367 e. The van der Waals surface area contributed by atoms with Crippen LogP contribution in [-0.2, 0) is 20.7 Å². The molecule has 0 bridgehead atoms. The van der Waals surface area contributed by atoms with Crippen molar-refractivity contribution in [3.05, 3.63) is 35.9 Å². The van der Waals surface area contributed by atoms with Gasteiger partial charge in [0.05, 0.1) is 0 Å². The fourth-order valence-electron chi connectivity index (χ4n) is 3.99. The highest BCUT2D eigenvalue weighted by Crippen LogP contribution is 2.27. The number of primary amides is 1. The molecule has 3 rings (SSSR count). The first-order valence-electron chi connectivity index (χ1n) is 9.44. The normalized spacial score (nSPS) is 26.6. The minimum absolute atomic E-state index is 0.0492. The zero-order valence-corrected chi connectivity index (χ0v) is 14.7. The van der Waals surface area contributed by atoms with Crippen LogP contribution in [0.15, 0.2) is 30.3 Å². The molecule has 2 saturated heterocycles. The smallest absolute Gasteiger partial charge is 0.251 e. The zero-order valence-electron chi connectivity index (χ0n) is 14.7. The van der Waals surface area contributed by atoms with E-state index >= 15 is 0 Å². The van der Waals surface area contributed by atoms with E-state index in [-0.39, 0.29) is 5.91 Å². The van der Waals surface area contributed by atoms with E-state index in [1.165, 1.54) is 12.0 Å². The molecule has 0 aromatic heterocycles. The van der Waals surface area contributed by atoms with Crippen LogP contribution in [-0.4, -0.2) is 41.5 Å². The van der Waals surface area contributed by atoms with Gasteiger partial charge in [-0.15, -0.1) is 0 Å². The lowest BCUT2D eigenvalue weighted by Gasteiger charge is -2.37. The van der Waals surface area contributed by atoms with Gasteiger partial charge in [0, 0.05) is 12.6 Å². The maximum Gasteiger partial charge on any atom is 0.251 e. The minimum atomic E-state index is -0.602. The number of likely N-dealkylation sites (tertiary alicyclic amines) is 1. The van der Waals surface area contributed by atoms with Gasteiger partial charge in [0.1, 0.15) is 12.2 Å². The number of benzene rings is 1. The number of nitrogens with zero attached hydrogens (tertiary/aromatic N) is 1. The molecule has 0 saturated carbocycles. The van der Waals surface area contributed by atoms with Crippen LogP contribution in [0.3, 0.4) is 0 Å². The van der Waals surface area contributed by atoms with E-state index < -0.39 is 18.1 Å². The molecule has 2 amide bonds. The average Bonchev–Trinajstić information content (AvgIpc) is 3.13. The van der Waals surface area contributed by atoms with Gasteiger partial charge >= 0.3 is 0 Å². The van der Waals surface area contributed by atoms with Crippen LogP contribution >= 0.6 is 0 Å². The van der Waals surface area contributed by atoms with Crippen molar-refractivity contribution >= 4 is 11.8 Å². The fraction of sp³-hybridized carbons (Fsp3) is 0.600. The first-order valence-corrected chi connectivity index (χ1v) is 9.44. The van der Waals surface area contributed by atoms with Crippen molar-refractivity contribution in [3.8, 4) is 0 Å². The topological polar surface area (TPSA) is 72.6 Å². The number of aryl methyl sites for hydroxylation is 1. The van der Waals surface area contributed by atoms with Gasteiger partial charge in [-0.1, -0.05) is 30.3 Å². The van der Waals surface area contributed by atoms with Gasteiger partial charge in [0.15, 0.2) is 0 Å². The Bertz CT molecular complexity index is 590. The quantitative estimate of drug-likeness (QED) is 0.861. The number of ether oxygens (including phenoxy) is 1. The van der Waals surface area contributed by atoms with Crippen LogP contribution in [0.5, 0.6) is 0 Å². The van der Waals surface area contributed by atoms with Gasteiger partial charge in [-0.2, -0.15) is 0 Å². The van der Waals surface area contributed by atoms with Gasteiger partial charge < -0.3 is 15.4 Å². The van der Waals surface area contributed by atoms with Crippen LogP contribution in [0.25, 0.3) is 0 Å². The Labute approximate surface area is 149 Å². The van der Waals surface area contributed by atoms with E-state index in [9.17, 15) is 9.59 Å². The van der Waals surface area contributed by atoms with Crippen LogP contribution in [0, 0.1) is 0 Å². The Hall–Kier alpha value is -1.88. The van der Waals surface area contributed by atoms with Crippen LogP contribution in [0.1, 0.15) is 50.5 Å². The lowest BCUT2D eigenvalue weighted by Crippen LogP contribution is -2.48. The van der Waals surface area contributed by atoms with E-state index in [0.29, 0.717) is 18.9 Å². The first kappa shape index (κ1) is 17.9. The van der Waals surface area contributed by atoms with Crippen LogP contribution < -0.4 is 5.73 Å². The molecule has 2 heterocycles. The minimum Gasteiger partial charge on any atom is -0.367 e. The number of nitrogens with two attached hydrogens (primary N) is 1. The molecule has 0 aliphatic carbocycles. The van der Waals surface area contributed by atoms with Crippen molar-refractivity contribution in [3.63, 3.8) is 0 Å². The molecule has 0 spiro atoms. The summed E-state index contributed by atoms with van der Waals surface area (Å²) in [6, 6.07) is 10.8. The van der Waals surface area contributed by atoms with Crippen molar-refractivity contribution in [2.75, 3.05) is 6.54 Å². The molecule has 0 radical (unpaired) electrons. The molecular formula is C20H28N2O3. The SMILES string of the molecule is NC(=O)[C@@H]1CC[C@@H](C(=O)N2CCCC[C@H]2CCCc2ccccc2)O1. The molecule has 1 aromatic carbocycles. The third-order valence-corrected chi connectivity index (χ3v) is 5.37. The Kier molecular flexibility index (Phi) is 6.08. The van der Waals surface area contributed by atoms with Crippen LogP contribution in [0.2, 0.25) is 0 Å². The second-order valence-corrected chi connectivity index (χ2v) is 7.15. The third-order valence-electron chi connectivity index (χ3n) is 5.37. The predicted octanol–water partition coefficient (Wildman–Crippen LogP) is 2.42. The standard InChI is InChI=1S/C20H28N2O3/c21-19(23)17-12-13-18(25-17)20(24)22-14-5-4-10-16(22)11-6-9-15-7-2-1-3-8-15/h1-3,7-8,16-18H,4-6,9-14H2,(H2,21,23)/t16-,17-,18-/m0/s1. The highest BCUT2D eigenvalue weighted by atomic mass is 16.5. The average molecular weight is 344 g/mol. The maximum atomic E-state index is 12.9. The first-order chi connectivity index (χ1) is 12.1. The van der Waals surface area contributed by atoms with E-state index in [1.54, 1.807) is 0 Å². The Morgan fingerprint density at radius 1 is 1.08 bits per heavy atom. The van der Waals surface area contributed by atoms with Gasteiger partial charge in [-0.05, 0) is 56.9 Å². The predicted molar refractivity (Wildman–Crippen MR) is 95.8 cm³/mol. The molecule has 0 unspecified atom stereocenters. The second kappa shape index (κ2) is 8.48.